The van der Waals surface area contributed by atoms with Crippen LogP contribution in [0.15, 0.2) is 48.8 Å². The second-order valence-corrected chi connectivity index (χ2v) is 7.84. The number of rotatable bonds is 5. The number of aromatic nitrogens is 2. The normalized spacial score (nSPS) is 22.4. The monoisotopic (exact) mass is 471 g/mol. The topological polar surface area (TPSA) is 157 Å². The Morgan fingerprint density at radius 1 is 1.18 bits per heavy atom. The van der Waals surface area contributed by atoms with Crippen molar-refractivity contribution in [3.05, 3.63) is 71.7 Å². The van der Waals surface area contributed by atoms with E-state index < -0.39 is 47.5 Å². The quantitative estimate of drug-likeness (QED) is 0.377. The van der Waals surface area contributed by atoms with Gasteiger partial charge < -0.3 is 31.7 Å². The van der Waals surface area contributed by atoms with E-state index in [9.17, 15) is 23.8 Å². The average molecular weight is 471 g/mol. The molecule has 7 N–H and O–H groups in total. The number of carbonyl (C=O) groups is 1. The number of hydrogen-bond donors (Lipinski definition) is 5. The summed E-state index contributed by atoms with van der Waals surface area (Å²) in [4.78, 5) is 21.1. The van der Waals surface area contributed by atoms with Crippen molar-refractivity contribution in [1.29, 1.82) is 0 Å². The summed E-state index contributed by atoms with van der Waals surface area (Å²) in [6.45, 7) is -0.00770. The Labute approximate surface area is 193 Å². The van der Waals surface area contributed by atoms with Crippen molar-refractivity contribution >= 4 is 17.3 Å². The molecule has 11 heteroatoms. The van der Waals surface area contributed by atoms with Gasteiger partial charge in [-0.2, -0.15) is 0 Å². The molecule has 0 radical (unpaired) electrons. The summed E-state index contributed by atoms with van der Waals surface area (Å²) >= 11 is 0. The fraction of sp³-hybridized carbons (Fsp3) is 0.261. The van der Waals surface area contributed by atoms with Crippen LogP contribution < -0.4 is 16.8 Å². The van der Waals surface area contributed by atoms with Crippen LogP contribution in [0.1, 0.15) is 28.6 Å². The third kappa shape index (κ3) is 4.59. The van der Waals surface area contributed by atoms with Crippen LogP contribution in [0.25, 0.3) is 11.3 Å². The van der Waals surface area contributed by atoms with Crippen molar-refractivity contribution in [2.45, 2.75) is 30.8 Å². The first-order valence-corrected chi connectivity index (χ1v) is 10.5. The van der Waals surface area contributed by atoms with E-state index >= 15 is 0 Å². The molecule has 4 atom stereocenters. The highest BCUT2D eigenvalue weighted by Gasteiger charge is 2.37. The Kier molecular flexibility index (Phi) is 6.80. The molecular formula is C23H23F2N5O4. The van der Waals surface area contributed by atoms with Gasteiger partial charge in [0.25, 0.3) is 5.91 Å². The Morgan fingerprint density at radius 2 is 1.91 bits per heavy atom. The lowest BCUT2D eigenvalue weighted by molar-refractivity contribution is -0.166. The molecule has 3 aromatic rings. The Bertz CT molecular complexity index is 1190. The van der Waals surface area contributed by atoms with E-state index in [4.69, 9.17) is 16.2 Å². The lowest BCUT2D eigenvalue weighted by atomic mass is 9.93. The van der Waals surface area contributed by atoms with Crippen LogP contribution in [-0.2, 0) is 4.74 Å². The van der Waals surface area contributed by atoms with Crippen molar-refractivity contribution in [2.75, 3.05) is 17.6 Å². The summed E-state index contributed by atoms with van der Waals surface area (Å²) in [6.07, 6.45) is -0.709. The zero-order valence-corrected chi connectivity index (χ0v) is 17.9. The number of anilines is 2. The lowest BCUT2D eigenvalue weighted by Crippen LogP contribution is -2.49. The Balaban J connectivity index is 1.63. The molecule has 178 valence electrons. The molecule has 1 fully saturated rings. The smallest absolute Gasteiger partial charge is 0.274 e. The standard InChI is InChI=1S/C23H23F2N5O4/c24-12-2-1-3-13(25)20(12)21-14(27)4-5-15(29-21)23(33)30-16-10-28-7-6-11(16)18-8-17(31)22(32)19(9-26)34-18/h1-7,10,17-19,22,31-32H,8-9,26-27H2,(H,30,33)/t17-,18-,19-,22+/m1/s1. The maximum atomic E-state index is 14.3. The van der Waals surface area contributed by atoms with Gasteiger partial charge in [-0.15, -0.1) is 0 Å². The van der Waals surface area contributed by atoms with Crippen molar-refractivity contribution in [1.82, 2.24) is 9.97 Å². The average Bonchev–Trinajstić information content (AvgIpc) is 2.82. The number of aliphatic hydroxyl groups is 2. The number of halogens is 2. The highest BCUT2D eigenvalue weighted by Crippen LogP contribution is 2.35. The minimum absolute atomic E-state index is 0.00130. The first-order chi connectivity index (χ1) is 16.3. The number of aliphatic hydroxyl groups excluding tert-OH is 2. The van der Waals surface area contributed by atoms with E-state index in [0.717, 1.165) is 12.1 Å². The first kappa shape index (κ1) is 23.6. The van der Waals surface area contributed by atoms with Crippen molar-refractivity contribution in [3.8, 4) is 11.3 Å². The van der Waals surface area contributed by atoms with E-state index in [2.05, 4.69) is 15.3 Å². The molecule has 0 aliphatic carbocycles. The van der Waals surface area contributed by atoms with Gasteiger partial charge in [-0.05, 0) is 30.3 Å². The maximum absolute atomic E-state index is 14.3. The molecule has 0 bridgehead atoms. The zero-order chi connectivity index (χ0) is 24.4. The van der Waals surface area contributed by atoms with Crippen LogP contribution in [0, 0.1) is 11.6 Å². The number of benzene rings is 1. The third-order valence-electron chi connectivity index (χ3n) is 5.61. The van der Waals surface area contributed by atoms with Crippen LogP contribution in [0.4, 0.5) is 20.2 Å². The molecule has 1 aliphatic rings. The second-order valence-electron chi connectivity index (χ2n) is 7.84. The summed E-state index contributed by atoms with van der Waals surface area (Å²) in [5.41, 5.74) is 11.5. The fourth-order valence-electron chi connectivity index (χ4n) is 3.85. The molecule has 34 heavy (non-hydrogen) atoms. The molecule has 3 heterocycles. The molecule has 0 spiro atoms. The molecule has 1 saturated heterocycles. The van der Waals surface area contributed by atoms with E-state index in [0.29, 0.717) is 5.56 Å². The molecule has 1 amide bonds. The Morgan fingerprint density at radius 3 is 2.62 bits per heavy atom. The minimum Gasteiger partial charge on any atom is -0.397 e. The van der Waals surface area contributed by atoms with Gasteiger partial charge >= 0.3 is 0 Å². The number of carbonyl (C=O) groups excluding carboxylic acids is 1. The maximum Gasteiger partial charge on any atom is 0.274 e. The van der Waals surface area contributed by atoms with Gasteiger partial charge in [-0.3, -0.25) is 9.78 Å². The molecule has 4 rings (SSSR count). The Hall–Kier alpha value is -3.51. The molecule has 0 unspecified atom stereocenters. The lowest BCUT2D eigenvalue weighted by Gasteiger charge is -2.37. The summed E-state index contributed by atoms with van der Waals surface area (Å²) in [5.74, 6) is -2.41. The number of amides is 1. The third-order valence-corrected chi connectivity index (χ3v) is 5.61. The molecule has 2 aromatic heterocycles. The predicted molar refractivity (Wildman–Crippen MR) is 119 cm³/mol. The molecule has 1 aromatic carbocycles. The summed E-state index contributed by atoms with van der Waals surface area (Å²) in [7, 11) is 0. The first-order valence-electron chi connectivity index (χ1n) is 10.5. The predicted octanol–water partition coefficient (Wildman–Crippen LogP) is 1.77. The number of nitrogens with one attached hydrogen (secondary N) is 1. The summed E-state index contributed by atoms with van der Waals surface area (Å²) < 4.78 is 34.4. The van der Waals surface area contributed by atoms with E-state index in [1.54, 1.807) is 6.07 Å². The van der Waals surface area contributed by atoms with Crippen LogP contribution in [0.5, 0.6) is 0 Å². The van der Waals surface area contributed by atoms with Gasteiger partial charge in [0.2, 0.25) is 0 Å². The fourth-order valence-corrected chi connectivity index (χ4v) is 3.85. The summed E-state index contributed by atoms with van der Waals surface area (Å²) in [5, 5.41) is 22.9. The van der Waals surface area contributed by atoms with E-state index in [1.807, 2.05) is 0 Å². The molecule has 9 nitrogen and oxygen atoms in total. The van der Waals surface area contributed by atoms with Gasteiger partial charge in [0.1, 0.15) is 23.4 Å². The second kappa shape index (κ2) is 9.77. The van der Waals surface area contributed by atoms with Crippen LogP contribution in [-0.4, -0.2) is 50.9 Å². The zero-order valence-electron chi connectivity index (χ0n) is 17.9. The molecular weight excluding hydrogens is 448 g/mol. The number of nitrogen functional groups attached to an aromatic ring is 1. The van der Waals surface area contributed by atoms with Crippen LogP contribution >= 0.6 is 0 Å². The summed E-state index contributed by atoms with van der Waals surface area (Å²) in [6, 6.07) is 7.61. The van der Waals surface area contributed by atoms with Gasteiger partial charge in [0.15, 0.2) is 0 Å². The van der Waals surface area contributed by atoms with Crippen molar-refractivity contribution in [2.24, 2.45) is 5.73 Å². The molecule has 0 saturated carbocycles. The van der Waals surface area contributed by atoms with Crippen molar-refractivity contribution < 1.29 is 28.5 Å². The van der Waals surface area contributed by atoms with Gasteiger partial charge in [0.05, 0.1) is 47.1 Å². The number of pyridine rings is 2. The highest BCUT2D eigenvalue weighted by atomic mass is 19.1. The minimum atomic E-state index is -1.13. The van der Waals surface area contributed by atoms with E-state index in [-0.39, 0.29) is 35.7 Å². The largest absolute Gasteiger partial charge is 0.397 e. The van der Waals surface area contributed by atoms with Crippen molar-refractivity contribution in [3.63, 3.8) is 0 Å². The van der Waals surface area contributed by atoms with Gasteiger partial charge in [0, 0.05) is 24.7 Å². The number of ether oxygens (including phenoxy) is 1. The number of nitrogens with zero attached hydrogens (tertiary/aromatic N) is 2. The van der Waals surface area contributed by atoms with E-state index in [1.165, 1.54) is 30.6 Å². The highest BCUT2D eigenvalue weighted by molar-refractivity contribution is 6.04. The van der Waals surface area contributed by atoms with Gasteiger partial charge in [-0.25, -0.2) is 13.8 Å². The van der Waals surface area contributed by atoms with Crippen LogP contribution in [0.2, 0.25) is 0 Å². The molecule has 1 aliphatic heterocycles. The van der Waals surface area contributed by atoms with Gasteiger partial charge in [-0.1, -0.05) is 6.07 Å². The number of nitrogens with two attached hydrogens (primary N) is 2. The SMILES string of the molecule is NC[C@H]1O[C@@H](c2ccncc2NC(=O)c2ccc(N)c(-c3c(F)cccc3F)n2)C[C@@H](O)[C@@H]1O. The van der Waals surface area contributed by atoms with Crippen LogP contribution in [0.3, 0.4) is 0 Å². The number of hydrogen-bond acceptors (Lipinski definition) is 8.